The van der Waals surface area contributed by atoms with E-state index in [0.717, 1.165) is 0 Å². The van der Waals surface area contributed by atoms with Crippen LogP contribution in [-0.4, -0.2) is 33.6 Å². The molecular formula is C6H14N2O4Si. The van der Waals surface area contributed by atoms with E-state index < -0.39 is 20.5 Å². The predicted octanol–water partition coefficient (Wildman–Crippen LogP) is -1.31. The molecule has 13 heavy (non-hydrogen) atoms. The van der Waals surface area contributed by atoms with Crippen LogP contribution >= 0.6 is 0 Å². The Labute approximate surface area is 77.4 Å². The summed E-state index contributed by atoms with van der Waals surface area (Å²) < 4.78 is 9.67. The van der Waals surface area contributed by atoms with Gasteiger partial charge >= 0.3 is 20.5 Å². The number of rotatable bonds is 4. The quantitative estimate of drug-likeness (QED) is 0.553. The highest BCUT2D eigenvalue weighted by Crippen LogP contribution is 2.06. The minimum absolute atomic E-state index is 0.226. The Morgan fingerprint density at radius 3 is 1.62 bits per heavy atom. The largest absolute Gasteiger partial charge is 0.484 e. The average Bonchev–Trinajstić information content (AvgIpc) is 2.02. The van der Waals surface area contributed by atoms with Crippen molar-refractivity contribution >= 4 is 20.5 Å². The van der Waals surface area contributed by atoms with Crippen LogP contribution in [0.15, 0.2) is 0 Å². The van der Waals surface area contributed by atoms with Crippen LogP contribution in [-0.2, 0) is 18.4 Å². The smallest absolute Gasteiger partial charge is 0.457 e. The van der Waals surface area contributed by atoms with Crippen LogP contribution in [0.3, 0.4) is 0 Å². The second-order valence-corrected chi connectivity index (χ2v) is 5.96. The average molecular weight is 206 g/mol. The van der Waals surface area contributed by atoms with Crippen molar-refractivity contribution in [3.05, 3.63) is 0 Å². The molecule has 0 unspecified atom stereocenters. The number of hydrogen-bond acceptors (Lipinski definition) is 6. The highest BCUT2D eigenvalue weighted by molar-refractivity contribution is 6.67. The summed E-state index contributed by atoms with van der Waals surface area (Å²) in [5.41, 5.74) is 10.1. The molecule has 0 fully saturated rings. The van der Waals surface area contributed by atoms with E-state index in [0.29, 0.717) is 0 Å². The van der Waals surface area contributed by atoms with Gasteiger partial charge in [-0.15, -0.1) is 0 Å². The van der Waals surface area contributed by atoms with Gasteiger partial charge in [0, 0.05) is 13.1 Å². The SMILES string of the molecule is C[Si](C)(OC(=O)CN)OC(=O)CN. The molecule has 4 N–H and O–H groups in total. The molecule has 7 heteroatoms. The van der Waals surface area contributed by atoms with Gasteiger partial charge in [-0.3, -0.25) is 9.59 Å². The lowest BCUT2D eigenvalue weighted by Crippen LogP contribution is -2.42. The summed E-state index contributed by atoms with van der Waals surface area (Å²) in [4.78, 5) is 21.5. The van der Waals surface area contributed by atoms with Gasteiger partial charge in [-0.2, -0.15) is 0 Å². The van der Waals surface area contributed by atoms with Crippen molar-refractivity contribution in [3.8, 4) is 0 Å². The molecule has 0 saturated carbocycles. The molecule has 6 nitrogen and oxygen atoms in total. The molecule has 76 valence electrons. The van der Waals surface area contributed by atoms with Gasteiger partial charge in [-0.25, -0.2) is 0 Å². The first-order valence-electron chi connectivity index (χ1n) is 3.75. The van der Waals surface area contributed by atoms with E-state index in [1.165, 1.54) is 0 Å². The summed E-state index contributed by atoms with van der Waals surface area (Å²) >= 11 is 0. The summed E-state index contributed by atoms with van der Waals surface area (Å²) in [5.74, 6) is -1.16. The topological polar surface area (TPSA) is 105 Å². The van der Waals surface area contributed by atoms with Crippen LogP contribution in [0.4, 0.5) is 0 Å². The van der Waals surface area contributed by atoms with Gasteiger partial charge in [0.25, 0.3) is 0 Å². The third-order valence-electron chi connectivity index (χ3n) is 1.05. The molecule has 0 spiro atoms. The van der Waals surface area contributed by atoms with E-state index in [1.807, 2.05) is 0 Å². The second kappa shape index (κ2) is 4.95. The molecule has 0 aliphatic carbocycles. The minimum Gasteiger partial charge on any atom is -0.484 e. The van der Waals surface area contributed by atoms with Crippen LogP contribution in [0.1, 0.15) is 0 Å². The lowest BCUT2D eigenvalue weighted by Gasteiger charge is -2.21. The molecule has 0 aliphatic rings. The summed E-state index contributed by atoms with van der Waals surface area (Å²) in [6.07, 6.45) is 0. The Morgan fingerprint density at radius 2 is 1.38 bits per heavy atom. The van der Waals surface area contributed by atoms with Gasteiger partial charge in [0.05, 0.1) is 13.1 Å². The predicted molar refractivity (Wildman–Crippen MR) is 47.8 cm³/mol. The fourth-order valence-electron chi connectivity index (χ4n) is 0.652. The van der Waals surface area contributed by atoms with Crippen molar-refractivity contribution in [3.63, 3.8) is 0 Å². The Balaban J connectivity index is 4.07. The molecule has 0 heterocycles. The van der Waals surface area contributed by atoms with Gasteiger partial charge in [-0.1, -0.05) is 0 Å². The first-order chi connectivity index (χ1) is 5.91. The van der Waals surface area contributed by atoms with Crippen LogP contribution in [0, 0.1) is 0 Å². The maximum absolute atomic E-state index is 10.8. The first kappa shape index (κ1) is 12.1. The van der Waals surface area contributed by atoms with Gasteiger partial charge in [0.1, 0.15) is 0 Å². The minimum atomic E-state index is -2.73. The summed E-state index contributed by atoms with van der Waals surface area (Å²) in [6, 6.07) is 0. The molecule has 0 atom stereocenters. The first-order valence-corrected chi connectivity index (χ1v) is 6.56. The van der Waals surface area contributed by atoms with Crippen LogP contribution in [0.25, 0.3) is 0 Å². The Bertz CT molecular complexity index is 187. The van der Waals surface area contributed by atoms with Gasteiger partial charge in [-0.05, 0) is 0 Å². The van der Waals surface area contributed by atoms with Crippen molar-refractivity contribution in [2.24, 2.45) is 11.5 Å². The third-order valence-corrected chi connectivity index (χ3v) is 2.49. The normalized spacial score (nSPS) is 10.8. The number of carbonyl (C=O) groups excluding carboxylic acids is 2. The zero-order chi connectivity index (χ0) is 10.5. The molecule has 0 aromatic heterocycles. The summed E-state index contributed by atoms with van der Waals surface area (Å²) in [5, 5.41) is 0. The second-order valence-electron chi connectivity index (χ2n) is 2.76. The van der Waals surface area contributed by atoms with E-state index in [2.05, 4.69) is 0 Å². The summed E-state index contributed by atoms with van der Waals surface area (Å²) in [7, 11) is -2.73. The Morgan fingerprint density at radius 1 is 1.08 bits per heavy atom. The molecule has 0 aliphatic heterocycles. The van der Waals surface area contributed by atoms with E-state index in [-0.39, 0.29) is 13.1 Å². The van der Waals surface area contributed by atoms with Crippen LogP contribution in [0.5, 0.6) is 0 Å². The monoisotopic (exact) mass is 206 g/mol. The molecule has 0 aromatic rings. The van der Waals surface area contributed by atoms with Crippen molar-refractivity contribution in [2.45, 2.75) is 13.1 Å². The van der Waals surface area contributed by atoms with E-state index in [9.17, 15) is 9.59 Å². The van der Waals surface area contributed by atoms with E-state index in [4.69, 9.17) is 20.3 Å². The van der Waals surface area contributed by atoms with Gasteiger partial charge in [0.15, 0.2) is 0 Å². The van der Waals surface area contributed by atoms with Crippen molar-refractivity contribution < 1.29 is 18.4 Å². The fourth-order valence-corrected chi connectivity index (χ4v) is 1.96. The zero-order valence-electron chi connectivity index (χ0n) is 7.70. The molecule has 0 amide bonds. The number of nitrogens with two attached hydrogens (primary N) is 2. The van der Waals surface area contributed by atoms with Gasteiger partial charge in [0.2, 0.25) is 0 Å². The molecule has 0 aromatic carbocycles. The van der Waals surface area contributed by atoms with Crippen molar-refractivity contribution in [1.29, 1.82) is 0 Å². The molecule has 0 radical (unpaired) electrons. The molecule has 0 saturated heterocycles. The van der Waals surface area contributed by atoms with Crippen molar-refractivity contribution in [1.82, 2.24) is 0 Å². The maximum atomic E-state index is 10.8. The molecule has 0 bridgehead atoms. The molecular weight excluding hydrogens is 192 g/mol. The standard InChI is InChI=1S/C6H14N2O4Si/c1-13(2,11-5(9)3-7)12-6(10)4-8/h3-4,7-8H2,1-2H3. The fraction of sp³-hybridized carbons (Fsp3) is 0.667. The lowest BCUT2D eigenvalue weighted by atomic mass is 10.7. The number of hydrogen-bond donors (Lipinski definition) is 2. The van der Waals surface area contributed by atoms with E-state index in [1.54, 1.807) is 13.1 Å². The third kappa shape index (κ3) is 5.34. The summed E-state index contributed by atoms with van der Waals surface area (Å²) in [6.45, 7) is 2.68. The highest BCUT2D eigenvalue weighted by atomic mass is 28.4. The van der Waals surface area contributed by atoms with Crippen molar-refractivity contribution in [2.75, 3.05) is 13.1 Å². The van der Waals surface area contributed by atoms with Gasteiger partial charge < -0.3 is 20.3 Å². The van der Waals surface area contributed by atoms with Crippen LogP contribution < -0.4 is 11.5 Å². The maximum Gasteiger partial charge on any atom is 0.457 e. The lowest BCUT2D eigenvalue weighted by molar-refractivity contribution is -0.139. The zero-order valence-corrected chi connectivity index (χ0v) is 8.70. The Hall–Kier alpha value is -0.923. The van der Waals surface area contributed by atoms with Crippen LogP contribution in [0.2, 0.25) is 13.1 Å². The van der Waals surface area contributed by atoms with E-state index >= 15 is 0 Å². The highest BCUT2D eigenvalue weighted by Gasteiger charge is 2.32. The molecule has 0 rings (SSSR count). The Kier molecular flexibility index (Phi) is 4.60. The number of carbonyl (C=O) groups is 2.